The van der Waals surface area contributed by atoms with E-state index in [1.54, 1.807) is 11.0 Å². The van der Waals surface area contributed by atoms with Crippen LogP contribution in [0.1, 0.15) is 55.0 Å². The fourth-order valence-electron chi connectivity index (χ4n) is 5.43. The highest BCUT2D eigenvalue weighted by atomic mass is 16.5. The number of anilines is 1. The first-order valence-electron chi connectivity index (χ1n) is 12.7. The molecule has 1 amide bonds. The molecule has 0 bridgehead atoms. The van der Waals surface area contributed by atoms with Crippen molar-refractivity contribution in [2.24, 2.45) is 0 Å². The lowest BCUT2D eigenvalue weighted by molar-refractivity contribution is -0.140. The van der Waals surface area contributed by atoms with Crippen molar-refractivity contribution in [1.82, 2.24) is 4.90 Å². The Balaban J connectivity index is 1.86. The van der Waals surface area contributed by atoms with Crippen molar-refractivity contribution in [3.05, 3.63) is 64.2 Å². The van der Waals surface area contributed by atoms with Crippen molar-refractivity contribution in [1.29, 1.82) is 0 Å². The number of aliphatic hydroxyl groups is 1. The second-order valence-corrected chi connectivity index (χ2v) is 9.51. The van der Waals surface area contributed by atoms with Gasteiger partial charge in [-0.3, -0.25) is 9.59 Å². The molecule has 2 saturated heterocycles. The van der Waals surface area contributed by atoms with E-state index in [1.807, 2.05) is 44.2 Å². The number of nitrogens with zero attached hydrogens (tertiary/aromatic N) is 2. The largest absolute Gasteiger partial charge is 0.507 e. The molecule has 0 spiro atoms. The van der Waals surface area contributed by atoms with Crippen molar-refractivity contribution in [3.63, 3.8) is 0 Å². The van der Waals surface area contributed by atoms with Crippen LogP contribution in [0.5, 0.6) is 5.75 Å². The smallest absolute Gasteiger partial charge is 0.295 e. The number of rotatable bonds is 8. The van der Waals surface area contributed by atoms with Crippen molar-refractivity contribution in [3.8, 4) is 5.75 Å². The van der Waals surface area contributed by atoms with Gasteiger partial charge in [0.15, 0.2) is 0 Å². The van der Waals surface area contributed by atoms with Crippen LogP contribution in [0.4, 0.5) is 5.69 Å². The molecule has 2 fully saturated rings. The number of methoxy groups -OCH3 is 1. The van der Waals surface area contributed by atoms with Crippen LogP contribution in [0.25, 0.3) is 5.76 Å². The van der Waals surface area contributed by atoms with Crippen molar-refractivity contribution in [2.75, 3.05) is 38.3 Å². The molecule has 2 aliphatic rings. The third-order valence-electron chi connectivity index (χ3n) is 7.18. The first-order valence-corrected chi connectivity index (χ1v) is 12.7. The lowest BCUT2D eigenvalue weighted by Crippen LogP contribution is -2.36. The van der Waals surface area contributed by atoms with E-state index in [-0.39, 0.29) is 17.4 Å². The summed E-state index contributed by atoms with van der Waals surface area (Å²) in [6.45, 7) is 10.7. The highest BCUT2D eigenvalue weighted by molar-refractivity contribution is 6.46. The lowest BCUT2D eigenvalue weighted by atomic mass is 9.93. The molecule has 36 heavy (non-hydrogen) atoms. The van der Waals surface area contributed by atoms with Crippen molar-refractivity contribution in [2.45, 2.75) is 52.7 Å². The minimum Gasteiger partial charge on any atom is -0.507 e. The summed E-state index contributed by atoms with van der Waals surface area (Å²) in [6.07, 6.45) is 1.63. The second kappa shape index (κ2) is 10.7. The molecule has 192 valence electrons. The summed E-state index contributed by atoms with van der Waals surface area (Å²) >= 11 is 0. The van der Waals surface area contributed by atoms with E-state index in [0.29, 0.717) is 24.5 Å². The van der Waals surface area contributed by atoms with E-state index < -0.39 is 17.7 Å². The van der Waals surface area contributed by atoms with Gasteiger partial charge in [-0.2, -0.15) is 0 Å². The first-order chi connectivity index (χ1) is 17.3. The molecule has 0 aromatic heterocycles. The number of ketones is 1. The van der Waals surface area contributed by atoms with Crippen LogP contribution in [0, 0.1) is 13.8 Å². The Labute approximate surface area is 213 Å². The number of hydrogen-bond acceptors (Lipinski definition) is 6. The van der Waals surface area contributed by atoms with Crippen molar-refractivity contribution < 1.29 is 24.2 Å². The number of carbonyl (C=O) groups is 2. The Morgan fingerprint density at radius 3 is 2.42 bits per heavy atom. The molecule has 2 aromatic rings. The Bertz CT molecular complexity index is 1160. The minimum absolute atomic E-state index is 0.0805. The number of hydrogen-bond donors (Lipinski definition) is 1. The summed E-state index contributed by atoms with van der Waals surface area (Å²) < 4.78 is 11.4. The van der Waals surface area contributed by atoms with Gasteiger partial charge in [-0.1, -0.05) is 18.2 Å². The molecule has 2 heterocycles. The highest BCUT2D eigenvalue weighted by Gasteiger charge is 2.47. The van der Waals surface area contributed by atoms with Gasteiger partial charge in [-0.05, 0) is 75.4 Å². The summed E-state index contributed by atoms with van der Waals surface area (Å²) in [5, 5.41) is 11.6. The highest BCUT2D eigenvalue weighted by Crippen LogP contribution is 2.42. The molecule has 0 aliphatic carbocycles. The fourth-order valence-corrected chi connectivity index (χ4v) is 5.43. The normalized spacial score (nSPS) is 21.3. The molecule has 0 radical (unpaired) electrons. The third-order valence-corrected chi connectivity index (χ3v) is 7.18. The Morgan fingerprint density at radius 1 is 1.14 bits per heavy atom. The topological polar surface area (TPSA) is 79.3 Å². The molecule has 4 rings (SSSR count). The molecule has 2 atom stereocenters. The number of benzene rings is 2. The van der Waals surface area contributed by atoms with Gasteiger partial charge in [-0.15, -0.1) is 0 Å². The number of Topliss-reactive ketones (excluding diaryl/α,β-unsaturated/α-hetero) is 1. The average molecular weight is 493 g/mol. The predicted octanol–water partition coefficient (Wildman–Crippen LogP) is 4.76. The van der Waals surface area contributed by atoms with Crippen LogP contribution in [-0.2, 0) is 14.3 Å². The Morgan fingerprint density at radius 2 is 1.83 bits per heavy atom. The third kappa shape index (κ3) is 4.72. The molecule has 7 nitrogen and oxygen atoms in total. The number of carbonyl (C=O) groups excluding carboxylic acids is 2. The minimum atomic E-state index is -0.717. The van der Waals surface area contributed by atoms with E-state index in [1.165, 1.54) is 7.11 Å². The maximum absolute atomic E-state index is 13.4. The number of aliphatic hydroxyl groups excluding tert-OH is 1. The Kier molecular flexibility index (Phi) is 7.69. The summed E-state index contributed by atoms with van der Waals surface area (Å²) in [6, 6.07) is 10.9. The summed E-state index contributed by atoms with van der Waals surface area (Å²) in [4.78, 5) is 30.5. The van der Waals surface area contributed by atoms with E-state index in [9.17, 15) is 14.7 Å². The average Bonchev–Trinajstić information content (AvgIpc) is 3.47. The zero-order chi connectivity index (χ0) is 26.0. The number of aryl methyl sites for hydroxylation is 2. The molecule has 7 heteroatoms. The Hall–Kier alpha value is -3.32. The van der Waals surface area contributed by atoms with Crippen LogP contribution >= 0.6 is 0 Å². The van der Waals surface area contributed by atoms with E-state index >= 15 is 0 Å². The molecule has 0 saturated carbocycles. The van der Waals surface area contributed by atoms with Crippen LogP contribution < -0.4 is 9.64 Å². The van der Waals surface area contributed by atoms with Crippen LogP contribution in [-0.4, -0.2) is 61.2 Å². The first kappa shape index (κ1) is 25.8. The number of ether oxygens (including phenoxy) is 2. The summed E-state index contributed by atoms with van der Waals surface area (Å²) in [5.41, 5.74) is 4.09. The quantitative estimate of drug-likeness (QED) is 0.325. The zero-order valence-corrected chi connectivity index (χ0v) is 21.8. The zero-order valence-electron chi connectivity index (χ0n) is 21.8. The molecular weight excluding hydrogens is 456 g/mol. The van der Waals surface area contributed by atoms with Gasteiger partial charge >= 0.3 is 0 Å². The van der Waals surface area contributed by atoms with Crippen molar-refractivity contribution >= 4 is 23.1 Å². The fraction of sp³-hybridized carbons (Fsp3) is 0.448. The number of likely N-dealkylation sites (tertiary alicyclic amines) is 1. The van der Waals surface area contributed by atoms with E-state index in [4.69, 9.17) is 9.47 Å². The number of amides is 1. The van der Waals surface area contributed by atoms with Crippen LogP contribution in [0.3, 0.4) is 0 Å². The maximum atomic E-state index is 13.4. The van der Waals surface area contributed by atoms with Gasteiger partial charge in [0.2, 0.25) is 0 Å². The van der Waals surface area contributed by atoms with Crippen LogP contribution in [0.2, 0.25) is 0 Å². The van der Waals surface area contributed by atoms with Crippen LogP contribution in [0.15, 0.2) is 42.0 Å². The van der Waals surface area contributed by atoms with Gasteiger partial charge in [-0.25, -0.2) is 0 Å². The predicted molar refractivity (Wildman–Crippen MR) is 140 cm³/mol. The van der Waals surface area contributed by atoms with E-state index in [2.05, 4.69) is 18.7 Å². The molecule has 2 unspecified atom stereocenters. The van der Waals surface area contributed by atoms with Gasteiger partial charge in [0.1, 0.15) is 11.5 Å². The van der Waals surface area contributed by atoms with E-state index in [0.717, 1.165) is 48.3 Å². The SMILES string of the molecule is CCN(CC)c1ccc(C2/C(=C(\O)c3cc(C)cc(C)c3OC)C(=O)C(=O)N2CC2CCCO2)cc1. The van der Waals surface area contributed by atoms with Gasteiger partial charge in [0.05, 0.1) is 30.4 Å². The summed E-state index contributed by atoms with van der Waals surface area (Å²) in [7, 11) is 1.54. The lowest BCUT2D eigenvalue weighted by Gasteiger charge is -2.28. The van der Waals surface area contributed by atoms with Gasteiger partial charge in [0.25, 0.3) is 11.7 Å². The monoisotopic (exact) mass is 492 g/mol. The molecular formula is C29H36N2O5. The standard InChI is InChI=1S/C29H36N2O5/c1-6-30(7-2)21-12-10-20(11-13-21)25-24(26(32)23-16-18(3)15-19(4)28(23)35-5)27(33)29(34)31(25)17-22-9-8-14-36-22/h10-13,15-16,22,25,32H,6-9,14,17H2,1-5H3/b26-24+. The van der Waals surface area contributed by atoms with Gasteiger partial charge < -0.3 is 24.4 Å². The molecule has 2 aliphatic heterocycles. The molecule has 1 N–H and O–H groups in total. The second-order valence-electron chi connectivity index (χ2n) is 9.51. The molecule has 2 aromatic carbocycles. The summed E-state index contributed by atoms with van der Waals surface area (Å²) in [5.74, 6) is -1.04. The maximum Gasteiger partial charge on any atom is 0.295 e. The van der Waals surface area contributed by atoms with Gasteiger partial charge in [0, 0.05) is 31.9 Å².